The zero-order chi connectivity index (χ0) is 17.7. The fourth-order valence-electron chi connectivity index (χ4n) is 2.67. The number of benzene rings is 1. The number of carbonyl (C=O) groups is 2. The normalized spacial score (nSPS) is 17.2. The maximum absolute atomic E-state index is 12.6. The van der Waals surface area contributed by atoms with Gasteiger partial charge in [-0.3, -0.25) is 9.59 Å². The summed E-state index contributed by atoms with van der Waals surface area (Å²) < 4.78 is 26.7. The summed E-state index contributed by atoms with van der Waals surface area (Å²) in [6, 6.07) is 5.30. The molecule has 2 N–H and O–H groups in total. The van der Waals surface area contributed by atoms with Crippen LogP contribution in [-0.4, -0.2) is 48.8 Å². The zero-order valence-corrected chi connectivity index (χ0v) is 14.4. The minimum Gasteiger partial charge on any atom is -0.481 e. The topological polar surface area (TPSA) is 104 Å². The van der Waals surface area contributed by atoms with E-state index in [2.05, 4.69) is 5.32 Å². The molecule has 0 spiro atoms. The Labute approximate surface area is 141 Å². The van der Waals surface area contributed by atoms with Gasteiger partial charge in [0.25, 0.3) is 5.91 Å². The molecule has 132 valence electrons. The lowest BCUT2D eigenvalue weighted by Crippen LogP contribution is -2.36. The van der Waals surface area contributed by atoms with E-state index in [0.717, 1.165) is 19.3 Å². The van der Waals surface area contributed by atoms with Crippen LogP contribution in [0.25, 0.3) is 0 Å². The second-order valence-electron chi connectivity index (χ2n) is 5.96. The van der Waals surface area contributed by atoms with Crippen LogP contribution in [0.15, 0.2) is 29.2 Å². The number of aliphatic carboxylic acids is 1. The van der Waals surface area contributed by atoms with Gasteiger partial charge >= 0.3 is 5.97 Å². The Balaban J connectivity index is 2.16. The van der Waals surface area contributed by atoms with Crippen molar-refractivity contribution in [1.82, 2.24) is 9.62 Å². The number of rotatable bonds is 6. The molecule has 1 aliphatic rings. The third kappa shape index (κ3) is 4.55. The fourth-order valence-corrected chi connectivity index (χ4v) is 4.24. The largest absolute Gasteiger partial charge is 0.481 e. The zero-order valence-electron chi connectivity index (χ0n) is 13.6. The van der Waals surface area contributed by atoms with Gasteiger partial charge in [0.05, 0.1) is 11.3 Å². The molecule has 0 bridgehead atoms. The monoisotopic (exact) mass is 354 g/mol. The number of sulfonamides is 1. The average molecular weight is 354 g/mol. The highest BCUT2D eigenvalue weighted by atomic mass is 32.2. The summed E-state index contributed by atoms with van der Waals surface area (Å²) in [4.78, 5) is 22.9. The number of nitrogens with zero attached hydrogens (tertiary/aromatic N) is 1. The summed E-state index contributed by atoms with van der Waals surface area (Å²) in [5.74, 6) is -1.50. The first-order chi connectivity index (χ1) is 11.3. The molecule has 0 saturated carbocycles. The van der Waals surface area contributed by atoms with Crippen LogP contribution in [0, 0.1) is 0 Å². The standard InChI is InChI=1S/C16H22N2O5S/c1-12(10-15(19)20)17-16(21)13-6-5-7-14(11-13)24(22,23)18-8-3-2-4-9-18/h5-7,11-12H,2-4,8-10H2,1H3,(H,17,21)(H,19,20). The first-order valence-corrected chi connectivity index (χ1v) is 9.37. The van der Waals surface area contributed by atoms with Crippen LogP contribution in [0.1, 0.15) is 43.0 Å². The van der Waals surface area contributed by atoms with E-state index in [0.29, 0.717) is 13.1 Å². The maximum Gasteiger partial charge on any atom is 0.305 e. The number of carboxylic acids is 1. The smallest absolute Gasteiger partial charge is 0.305 e. The molecule has 0 aliphatic carbocycles. The summed E-state index contributed by atoms with van der Waals surface area (Å²) in [5.41, 5.74) is 0.199. The predicted octanol–water partition coefficient (Wildman–Crippen LogP) is 1.45. The Morgan fingerprint density at radius 3 is 2.54 bits per heavy atom. The molecule has 1 saturated heterocycles. The minimum atomic E-state index is -3.61. The highest BCUT2D eigenvalue weighted by Gasteiger charge is 2.26. The molecule has 7 nitrogen and oxygen atoms in total. The number of carboxylic acid groups (broad SMARTS) is 1. The highest BCUT2D eigenvalue weighted by molar-refractivity contribution is 7.89. The van der Waals surface area contributed by atoms with Crippen LogP contribution >= 0.6 is 0 Å². The predicted molar refractivity (Wildman–Crippen MR) is 88.2 cm³/mol. The molecule has 1 aromatic carbocycles. The van der Waals surface area contributed by atoms with Gasteiger partial charge in [-0.05, 0) is 38.0 Å². The van der Waals surface area contributed by atoms with Gasteiger partial charge in [-0.2, -0.15) is 4.31 Å². The van der Waals surface area contributed by atoms with E-state index in [1.165, 1.54) is 28.6 Å². The van der Waals surface area contributed by atoms with Crippen molar-refractivity contribution >= 4 is 21.9 Å². The molecular weight excluding hydrogens is 332 g/mol. The number of piperidine rings is 1. The Morgan fingerprint density at radius 2 is 1.92 bits per heavy atom. The average Bonchev–Trinajstić information content (AvgIpc) is 2.55. The van der Waals surface area contributed by atoms with E-state index in [-0.39, 0.29) is 16.9 Å². The molecule has 1 heterocycles. The SMILES string of the molecule is CC(CC(=O)O)NC(=O)c1cccc(S(=O)(=O)N2CCCCC2)c1. The van der Waals surface area contributed by atoms with Crippen molar-refractivity contribution in [2.75, 3.05) is 13.1 Å². The highest BCUT2D eigenvalue weighted by Crippen LogP contribution is 2.21. The van der Waals surface area contributed by atoms with Crippen LogP contribution in [0.5, 0.6) is 0 Å². The van der Waals surface area contributed by atoms with Gasteiger partial charge < -0.3 is 10.4 Å². The van der Waals surface area contributed by atoms with E-state index >= 15 is 0 Å². The van der Waals surface area contributed by atoms with E-state index in [9.17, 15) is 18.0 Å². The van der Waals surface area contributed by atoms with Crippen molar-refractivity contribution in [3.63, 3.8) is 0 Å². The van der Waals surface area contributed by atoms with E-state index < -0.39 is 27.9 Å². The fraction of sp³-hybridized carbons (Fsp3) is 0.500. The molecule has 1 atom stereocenters. The summed E-state index contributed by atoms with van der Waals surface area (Å²) in [6.07, 6.45) is 2.51. The van der Waals surface area contributed by atoms with Crippen molar-refractivity contribution in [3.8, 4) is 0 Å². The van der Waals surface area contributed by atoms with Crippen molar-refractivity contribution in [2.45, 2.75) is 43.5 Å². The Hall–Kier alpha value is -1.93. The lowest BCUT2D eigenvalue weighted by molar-refractivity contribution is -0.137. The second-order valence-corrected chi connectivity index (χ2v) is 7.90. The third-order valence-electron chi connectivity index (χ3n) is 3.91. The quantitative estimate of drug-likeness (QED) is 0.805. The Morgan fingerprint density at radius 1 is 1.25 bits per heavy atom. The molecular formula is C16H22N2O5S. The van der Waals surface area contributed by atoms with Crippen molar-refractivity contribution in [3.05, 3.63) is 29.8 Å². The summed E-state index contributed by atoms with van der Waals surface area (Å²) in [7, 11) is -3.61. The van der Waals surface area contributed by atoms with Crippen molar-refractivity contribution < 1.29 is 23.1 Å². The molecule has 24 heavy (non-hydrogen) atoms. The van der Waals surface area contributed by atoms with Crippen LogP contribution in [-0.2, 0) is 14.8 Å². The summed E-state index contributed by atoms with van der Waals surface area (Å²) >= 11 is 0. The molecule has 1 unspecified atom stereocenters. The van der Waals surface area contributed by atoms with Crippen LogP contribution < -0.4 is 5.32 Å². The lowest BCUT2D eigenvalue weighted by Gasteiger charge is -2.26. The van der Waals surface area contributed by atoms with Crippen LogP contribution in [0.4, 0.5) is 0 Å². The third-order valence-corrected chi connectivity index (χ3v) is 5.80. The number of amides is 1. The molecule has 1 fully saturated rings. The van der Waals surface area contributed by atoms with Gasteiger partial charge in [-0.1, -0.05) is 12.5 Å². The second kappa shape index (κ2) is 7.76. The van der Waals surface area contributed by atoms with Gasteiger partial charge in [0, 0.05) is 24.7 Å². The Kier molecular flexibility index (Phi) is 5.95. The van der Waals surface area contributed by atoms with E-state index in [4.69, 9.17) is 5.11 Å². The number of carbonyl (C=O) groups excluding carboxylic acids is 1. The summed E-state index contributed by atoms with van der Waals surface area (Å²) in [6.45, 7) is 2.57. The van der Waals surface area contributed by atoms with Gasteiger partial charge in [-0.15, -0.1) is 0 Å². The van der Waals surface area contributed by atoms with Gasteiger partial charge in [-0.25, -0.2) is 8.42 Å². The number of nitrogens with one attached hydrogen (secondary N) is 1. The maximum atomic E-state index is 12.6. The number of hydrogen-bond acceptors (Lipinski definition) is 4. The van der Waals surface area contributed by atoms with Gasteiger partial charge in [0.1, 0.15) is 0 Å². The molecule has 1 aliphatic heterocycles. The lowest BCUT2D eigenvalue weighted by atomic mass is 10.2. The molecule has 1 amide bonds. The van der Waals surface area contributed by atoms with E-state index in [1.54, 1.807) is 6.92 Å². The Bertz CT molecular complexity index is 711. The van der Waals surface area contributed by atoms with E-state index in [1.807, 2.05) is 0 Å². The molecule has 8 heteroatoms. The first kappa shape index (κ1) is 18.4. The molecule has 1 aromatic rings. The van der Waals surface area contributed by atoms with Gasteiger partial charge in [0.2, 0.25) is 10.0 Å². The number of hydrogen-bond donors (Lipinski definition) is 2. The minimum absolute atomic E-state index is 0.0861. The van der Waals surface area contributed by atoms with Crippen molar-refractivity contribution in [2.24, 2.45) is 0 Å². The molecule has 0 aromatic heterocycles. The summed E-state index contributed by atoms with van der Waals surface area (Å²) in [5, 5.41) is 11.3. The van der Waals surface area contributed by atoms with Crippen LogP contribution in [0.3, 0.4) is 0 Å². The van der Waals surface area contributed by atoms with Crippen molar-refractivity contribution in [1.29, 1.82) is 0 Å². The van der Waals surface area contributed by atoms with Crippen LogP contribution in [0.2, 0.25) is 0 Å². The first-order valence-electron chi connectivity index (χ1n) is 7.93. The van der Waals surface area contributed by atoms with Gasteiger partial charge in [0.15, 0.2) is 0 Å². The molecule has 2 rings (SSSR count). The molecule has 0 radical (unpaired) electrons.